The van der Waals surface area contributed by atoms with Gasteiger partial charge in [-0.25, -0.2) is 4.39 Å². The third-order valence-corrected chi connectivity index (χ3v) is 2.88. The van der Waals surface area contributed by atoms with Crippen LogP contribution in [0.4, 0.5) is 4.39 Å². The van der Waals surface area contributed by atoms with E-state index in [0.717, 1.165) is 18.4 Å². The Kier molecular flexibility index (Phi) is 2.71. The lowest BCUT2D eigenvalue weighted by molar-refractivity contribution is -0.137. The lowest BCUT2D eigenvalue weighted by atomic mass is 9.91. The molecule has 0 aromatic heterocycles. The normalized spacial score (nSPS) is 17.4. The molecule has 0 unspecified atom stereocenters. The summed E-state index contributed by atoms with van der Waals surface area (Å²) in [6, 6.07) is 6.18. The highest BCUT2D eigenvalue weighted by Gasteiger charge is 2.33. The summed E-state index contributed by atoms with van der Waals surface area (Å²) in [6.45, 7) is 0. The van der Waals surface area contributed by atoms with Gasteiger partial charge in [0.2, 0.25) is 0 Å². The van der Waals surface area contributed by atoms with Gasteiger partial charge in [-0.05, 0) is 42.4 Å². The number of rotatable bonds is 4. The monoisotopic (exact) mass is 208 g/mol. The molecular formula is C12H13FO2. The maximum absolute atomic E-state index is 12.7. The van der Waals surface area contributed by atoms with Crippen LogP contribution in [-0.2, 0) is 4.79 Å². The average Bonchev–Trinajstić information content (AvgIpc) is 2.99. The van der Waals surface area contributed by atoms with Gasteiger partial charge in [-0.1, -0.05) is 12.1 Å². The minimum Gasteiger partial charge on any atom is -0.481 e. The van der Waals surface area contributed by atoms with Crippen molar-refractivity contribution in [2.45, 2.75) is 25.2 Å². The van der Waals surface area contributed by atoms with Crippen LogP contribution in [0.25, 0.3) is 0 Å². The van der Waals surface area contributed by atoms with Crippen molar-refractivity contribution in [3.05, 3.63) is 35.6 Å². The molecule has 0 radical (unpaired) electrons. The van der Waals surface area contributed by atoms with Crippen molar-refractivity contribution in [2.24, 2.45) is 5.92 Å². The van der Waals surface area contributed by atoms with Crippen LogP contribution in [0.1, 0.15) is 30.7 Å². The van der Waals surface area contributed by atoms with E-state index in [0.29, 0.717) is 5.92 Å². The first kappa shape index (κ1) is 10.1. The number of carboxylic acids is 1. The SMILES string of the molecule is O=C(O)C[C@H](c1ccc(F)cc1)C1CC1. The zero-order valence-electron chi connectivity index (χ0n) is 8.32. The number of benzene rings is 1. The Morgan fingerprint density at radius 2 is 2.00 bits per heavy atom. The summed E-state index contributed by atoms with van der Waals surface area (Å²) in [5.41, 5.74) is 0.946. The first-order valence-corrected chi connectivity index (χ1v) is 5.14. The van der Waals surface area contributed by atoms with Crippen LogP contribution in [0.5, 0.6) is 0 Å². The van der Waals surface area contributed by atoms with Gasteiger partial charge >= 0.3 is 5.97 Å². The van der Waals surface area contributed by atoms with Crippen molar-refractivity contribution in [1.82, 2.24) is 0 Å². The summed E-state index contributed by atoms with van der Waals surface area (Å²) < 4.78 is 12.7. The summed E-state index contributed by atoms with van der Waals surface area (Å²) in [5, 5.41) is 8.80. The van der Waals surface area contributed by atoms with Crippen LogP contribution in [0, 0.1) is 11.7 Å². The molecule has 0 spiro atoms. The minimum atomic E-state index is -0.781. The van der Waals surface area contributed by atoms with Crippen LogP contribution >= 0.6 is 0 Å². The maximum Gasteiger partial charge on any atom is 0.303 e. The fourth-order valence-corrected chi connectivity index (χ4v) is 1.95. The Morgan fingerprint density at radius 1 is 1.40 bits per heavy atom. The van der Waals surface area contributed by atoms with Crippen molar-refractivity contribution in [3.8, 4) is 0 Å². The lowest BCUT2D eigenvalue weighted by Gasteiger charge is -2.13. The van der Waals surface area contributed by atoms with Crippen molar-refractivity contribution in [2.75, 3.05) is 0 Å². The second-order valence-corrected chi connectivity index (χ2v) is 4.09. The van der Waals surface area contributed by atoms with Gasteiger partial charge in [-0.15, -0.1) is 0 Å². The molecule has 0 amide bonds. The van der Waals surface area contributed by atoms with E-state index in [1.807, 2.05) is 0 Å². The van der Waals surface area contributed by atoms with Gasteiger partial charge < -0.3 is 5.11 Å². The lowest BCUT2D eigenvalue weighted by Crippen LogP contribution is -2.08. The molecule has 0 aliphatic heterocycles. The molecule has 1 aromatic carbocycles. The Morgan fingerprint density at radius 3 is 2.47 bits per heavy atom. The second-order valence-electron chi connectivity index (χ2n) is 4.09. The summed E-state index contributed by atoms with van der Waals surface area (Å²) >= 11 is 0. The van der Waals surface area contributed by atoms with Gasteiger partial charge in [0.15, 0.2) is 0 Å². The molecule has 3 heteroatoms. The van der Waals surface area contributed by atoms with Crippen molar-refractivity contribution in [1.29, 1.82) is 0 Å². The summed E-state index contributed by atoms with van der Waals surface area (Å²) in [7, 11) is 0. The molecule has 0 bridgehead atoms. The van der Waals surface area contributed by atoms with E-state index >= 15 is 0 Å². The highest BCUT2D eigenvalue weighted by molar-refractivity contribution is 5.68. The number of carbonyl (C=O) groups is 1. The quantitative estimate of drug-likeness (QED) is 0.826. The van der Waals surface area contributed by atoms with Crippen LogP contribution < -0.4 is 0 Å². The van der Waals surface area contributed by atoms with Gasteiger partial charge in [0.25, 0.3) is 0 Å². The molecule has 2 rings (SSSR count). The Labute approximate surface area is 87.7 Å². The van der Waals surface area contributed by atoms with Crippen LogP contribution in [0.3, 0.4) is 0 Å². The first-order chi connectivity index (χ1) is 7.16. The highest BCUT2D eigenvalue weighted by Crippen LogP contribution is 2.44. The second kappa shape index (κ2) is 4.01. The zero-order chi connectivity index (χ0) is 10.8. The average molecular weight is 208 g/mol. The third-order valence-electron chi connectivity index (χ3n) is 2.88. The van der Waals surface area contributed by atoms with Crippen molar-refractivity contribution < 1.29 is 14.3 Å². The summed E-state index contributed by atoms with van der Waals surface area (Å²) in [4.78, 5) is 10.7. The van der Waals surface area contributed by atoms with Crippen LogP contribution in [-0.4, -0.2) is 11.1 Å². The molecule has 2 nitrogen and oxygen atoms in total. The van der Waals surface area contributed by atoms with Gasteiger partial charge in [-0.2, -0.15) is 0 Å². The van der Waals surface area contributed by atoms with E-state index in [9.17, 15) is 9.18 Å². The van der Waals surface area contributed by atoms with E-state index in [-0.39, 0.29) is 18.2 Å². The standard InChI is InChI=1S/C12H13FO2/c13-10-5-3-9(4-6-10)11(7-12(14)15)8-1-2-8/h3-6,8,11H,1-2,7H2,(H,14,15)/t11-/m0/s1. The number of halogens is 1. The highest BCUT2D eigenvalue weighted by atomic mass is 19.1. The van der Waals surface area contributed by atoms with Crippen molar-refractivity contribution >= 4 is 5.97 Å². The molecule has 1 aliphatic rings. The summed E-state index contributed by atoms with van der Waals surface area (Å²) in [6.07, 6.45) is 2.33. The molecule has 15 heavy (non-hydrogen) atoms. The van der Waals surface area contributed by atoms with Crippen molar-refractivity contribution in [3.63, 3.8) is 0 Å². The number of carboxylic acid groups (broad SMARTS) is 1. The Hall–Kier alpha value is -1.38. The van der Waals surface area contributed by atoms with Crippen LogP contribution in [0.2, 0.25) is 0 Å². The van der Waals surface area contributed by atoms with Gasteiger partial charge in [-0.3, -0.25) is 4.79 Å². The topological polar surface area (TPSA) is 37.3 Å². The molecule has 1 saturated carbocycles. The molecule has 1 aromatic rings. The molecule has 0 heterocycles. The molecule has 1 N–H and O–H groups in total. The Balaban J connectivity index is 2.16. The fourth-order valence-electron chi connectivity index (χ4n) is 1.95. The molecule has 0 saturated heterocycles. The van der Waals surface area contributed by atoms with Gasteiger partial charge in [0.05, 0.1) is 6.42 Å². The van der Waals surface area contributed by atoms with E-state index in [2.05, 4.69) is 0 Å². The van der Waals surface area contributed by atoms with E-state index in [1.165, 1.54) is 12.1 Å². The zero-order valence-corrected chi connectivity index (χ0v) is 8.32. The molecule has 1 aliphatic carbocycles. The fraction of sp³-hybridized carbons (Fsp3) is 0.417. The molecule has 1 atom stereocenters. The van der Waals surface area contributed by atoms with Gasteiger partial charge in [0, 0.05) is 0 Å². The molecule has 80 valence electrons. The first-order valence-electron chi connectivity index (χ1n) is 5.14. The maximum atomic E-state index is 12.7. The third kappa shape index (κ3) is 2.55. The number of aliphatic carboxylic acids is 1. The Bertz CT molecular complexity index is 354. The van der Waals surface area contributed by atoms with E-state index in [1.54, 1.807) is 12.1 Å². The van der Waals surface area contributed by atoms with Gasteiger partial charge in [0.1, 0.15) is 5.82 Å². The molecule has 1 fully saturated rings. The minimum absolute atomic E-state index is 0.0584. The number of hydrogen-bond acceptors (Lipinski definition) is 1. The van der Waals surface area contributed by atoms with E-state index in [4.69, 9.17) is 5.11 Å². The smallest absolute Gasteiger partial charge is 0.303 e. The van der Waals surface area contributed by atoms with Crippen LogP contribution in [0.15, 0.2) is 24.3 Å². The van der Waals surface area contributed by atoms with E-state index < -0.39 is 5.97 Å². The summed E-state index contributed by atoms with van der Waals surface area (Å²) in [5.74, 6) is -0.519. The molecular weight excluding hydrogens is 195 g/mol. The predicted molar refractivity (Wildman–Crippen MR) is 54.1 cm³/mol. The largest absolute Gasteiger partial charge is 0.481 e. The number of hydrogen-bond donors (Lipinski definition) is 1. The predicted octanol–water partition coefficient (Wildman–Crippen LogP) is 2.79.